The second-order valence-electron chi connectivity index (χ2n) is 19.0. The molecule has 1 unspecified atom stereocenters. The van der Waals surface area contributed by atoms with Gasteiger partial charge in [0.15, 0.2) is 17.3 Å². The van der Waals surface area contributed by atoms with Crippen LogP contribution in [0.3, 0.4) is 0 Å². The van der Waals surface area contributed by atoms with Gasteiger partial charge in [0.25, 0.3) is 0 Å². The fourth-order valence-electron chi connectivity index (χ4n) is 12.5. The summed E-state index contributed by atoms with van der Waals surface area (Å²) in [6, 6.07) is 9.46. The van der Waals surface area contributed by atoms with Crippen molar-refractivity contribution in [3.05, 3.63) is 47.7 Å². The number of hydrogen-bond donors (Lipinski definition) is 3. The molecular formula is C43H58N2O8. The van der Waals surface area contributed by atoms with Crippen molar-refractivity contribution >= 4 is 17.7 Å². The third-order valence-corrected chi connectivity index (χ3v) is 16.1. The Morgan fingerprint density at radius 1 is 0.981 bits per heavy atom. The number of aromatic nitrogens is 1. The number of nitrogens with zero attached hydrogens (tertiary/aromatic N) is 1. The monoisotopic (exact) mass is 730 g/mol. The van der Waals surface area contributed by atoms with Gasteiger partial charge in [0.1, 0.15) is 18.1 Å². The molecule has 1 heterocycles. The maximum atomic E-state index is 14.8. The summed E-state index contributed by atoms with van der Waals surface area (Å²) in [7, 11) is 1.62. The van der Waals surface area contributed by atoms with E-state index >= 15 is 0 Å². The Morgan fingerprint density at radius 3 is 2.42 bits per heavy atom. The number of fused-ring (bicyclic) bond motifs is 7. The molecule has 5 aliphatic rings. The average molecular weight is 731 g/mol. The fraction of sp³-hybridized carbons (Fsp3) is 0.674. The quantitative estimate of drug-likeness (QED) is 0.232. The highest BCUT2D eigenvalue weighted by Crippen LogP contribution is 2.75. The summed E-state index contributed by atoms with van der Waals surface area (Å²) in [4.78, 5) is 40.3. The molecular weight excluding hydrogens is 672 g/mol. The first-order valence-electron chi connectivity index (χ1n) is 19.5. The van der Waals surface area contributed by atoms with Crippen LogP contribution in [0.5, 0.6) is 5.75 Å². The normalized spacial score (nSPS) is 40.1. The van der Waals surface area contributed by atoms with Crippen LogP contribution in [0.2, 0.25) is 0 Å². The number of ketones is 1. The van der Waals surface area contributed by atoms with Crippen molar-refractivity contribution in [3.63, 3.8) is 0 Å². The lowest BCUT2D eigenvalue weighted by Crippen LogP contribution is -2.69. The molecule has 9 atom stereocenters. The SMILES string of the molecule is COc1ccccc1-c1cc(CNC(=O)[C@@]2(C)CC[C@]3(C)CC[C@]4(C)C(=CC(=O)[C@@H]5[C@@]6(C)CC[C@@](O)(OCC(=O)O)C(C)(C)C6CC[C@]54C)[C@H]3C2)on1. The van der Waals surface area contributed by atoms with E-state index in [0.29, 0.717) is 30.0 Å². The number of amides is 1. The zero-order valence-electron chi connectivity index (χ0n) is 32.8. The number of benzene rings is 1. The molecule has 10 nitrogen and oxygen atoms in total. The van der Waals surface area contributed by atoms with E-state index in [0.717, 1.165) is 44.1 Å². The highest BCUT2D eigenvalue weighted by atomic mass is 16.6. The van der Waals surface area contributed by atoms with Gasteiger partial charge in [0.2, 0.25) is 5.91 Å². The molecule has 1 aromatic heterocycles. The van der Waals surface area contributed by atoms with Crippen molar-refractivity contribution in [3.8, 4) is 17.0 Å². The summed E-state index contributed by atoms with van der Waals surface area (Å²) in [5.41, 5.74) is 0.378. The number of nitrogens with one attached hydrogen (secondary N) is 1. The van der Waals surface area contributed by atoms with Gasteiger partial charge in [-0.2, -0.15) is 0 Å². The number of aliphatic carboxylic acids is 1. The molecule has 4 fully saturated rings. The van der Waals surface area contributed by atoms with Crippen molar-refractivity contribution in [2.45, 2.75) is 119 Å². The Morgan fingerprint density at radius 2 is 1.70 bits per heavy atom. The van der Waals surface area contributed by atoms with E-state index in [1.165, 1.54) is 5.57 Å². The van der Waals surface area contributed by atoms with E-state index in [-0.39, 0.29) is 58.7 Å². The van der Waals surface area contributed by atoms with E-state index in [2.05, 4.69) is 45.1 Å². The molecule has 0 saturated heterocycles. The van der Waals surface area contributed by atoms with Crippen LogP contribution in [-0.2, 0) is 25.7 Å². The first-order chi connectivity index (χ1) is 24.8. The van der Waals surface area contributed by atoms with Crippen LogP contribution in [0.1, 0.15) is 112 Å². The second kappa shape index (κ2) is 12.5. The summed E-state index contributed by atoms with van der Waals surface area (Å²) in [6.07, 6.45) is 8.87. The molecule has 53 heavy (non-hydrogen) atoms. The summed E-state index contributed by atoms with van der Waals surface area (Å²) < 4.78 is 16.8. The minimum Gasteiger partial charge on any atom is -0.496 e. The maximum Gasteiger partial charge on any atom is 0.329 e. The minimum absolute atomic E-state index is 0.00487. The van der Waals surface area contributed by atoms with Crippen LogP contribution in [-0.4, -0.2) is 52.5 Å². The van der Waals surface area contributed by atoms with E-state index in [4.69, 9.17) is 14.0 Å². The van der Waals surface area contributed by atoms with E-state index in [1.54, 1.807) is 7.11 Å². The van der Waals surface area contributed by atoms with Gasteiger partial charge < -0.3 is 29.5 Å². The molecule has 0 radical (unpaired) electrons. The number of carbonyl (C=O) groups is 3. The molecule has 5 aliphatic carbocycles. The van der Waals surface area contributed by atoms with E-state index < -0.39 is 34.6 Å². The Hall–Kier alpha value is -3.50. The standard InChI is InChI=1S/C43H58N2O8/c1-37(2)33-13-14-42(7)35(40(33,5)18-20-43(37,50)52-25-34(47)48)31(46)22-28-29-23-39(4,16-15-38(29,3)17-19-41(28,42)6)36(49)44-24-26-21-30(45-53-26)27-11-9-10-12-32(27)51-8/h9-12,21-22,29,33,35,50H,13-20,23-25H2,1-8H3,(H,44,49)(H,47,48)/t29-,33?,35-,38-,39+,40+,41-,42-,43-/m1/s1. The van der Waals surface area contributed by atoms with Crippen LogP contribution in [0.4, 0.5) is 0 Å². The van der Waals surface area contributed by atoms with Gasteiger partial charge in [-0.3, -0.25) is 9.59 Å². The summed E-state index contributed by atoms with van der Waals surface area (Å²) in [5.74, 6) is -1.46. The number of methoxy groups -OCH3 is 1. The minimum atomic E-state index is -1.59. The van der Waals surface area contributed by atoms with Crippen molar-refractivity contribution in [2.24, 2.45) is 50.2 Å². The number of ether oxygens (including phenoxy) is 2. The van der Waals surface area contributed by atoms with Crippen molar-refractivity contribution in [1.29, 1.82) is 0 Å². The van der Waals surface area contributed by atoms with Gasteiger partial charge >= 0.3 is 5.97 Å². The van der Waals surface area contributed by atoms with Gasteiger partial charge in [-0.05, 0) is 103 Å². The first-order valence-corrected chi connectivity index (χ1v) is 19.5. The Kier molecular flexibility index (Phi) is 8.93. The smallest absolute Gasteiger partial charge is 0.329 e. The fourth-order valence-corrected chi connectivity index (χ4v) is 12.5. The number of carbonyl (C=O) groups excluding carboxylic acids is 2. The van der Waals surface area contributed by atoms with Gasteiger partial charge in [-0.15, -0.1) is 0 Å². The van der Waals surface area contributed by atoms with Crippen LogP contribution in [0.15, 0.2) is 46.5 Å². The number of rotatable bonds is 8. The zero-order chi connectivity index (χ0) is 38.4. The zero-order valence-corrected chi connectivity index (χ0v) is 32.8. The molecule has 3 N–H and O–H groups in total. The lowest BCUT2D eigenvalue weighted by atomic mass is 9.33. The molecule has 10 heteroatoms. The van der Waals surface area contributed by atoms with E-state index in [9.17, 15) is 24.6 Å². The maximum absolute atomic E-state index is 14.8. The summed E-state index contributed by atoms with van der Waals surface area (Å²) in [6.45, 7) is 15.0. The topological polar surface area (TPSA) is 148 Å². The van der Waals surface area contributed by atoms with Crippen molar-refractivity contribution in [2.75, 3.05) is 13.7 Å². The highest BCUT2D eigenvalue weighted by molar-refractivity contribution is 5.96. The predicted molar refractivity (Wildman–Crippen MR) is 198 cm³/mol. The molecule has 7 rings (SSSR count). The predicted octanol–water partition coefficient (Wildman–Crippen LogP) is 7.74. The second-order valence-corrected chi connectivity index (χ2v) is 19.0. The lowest BCUT2D eigenvalue weighted by molar-refractivity contribution is -0.326. The van der Waals surface area contributed by atoms with Gasteiger partial charge in [-0.25, -0.2) is 4.79 Å². The van der Waals surface area contributed by atoms with Gasteiger partial charge in [0.05, 0.1) is 13.7 Å². The Balaban J connectivity index is 1.13. The van der Waals surface area contributed by atoms with Crippen LogP contribution in [0.25, 0.3) is 11.3 Å². The third kappa shape index (κ3) is 5.55. The molecule has 1 aromatic carbocycles. The van der Waals surface area contributed by atoms with Crippen LogP contribution < -0.4 is 10.1 Å². The van der Waals surface area contributed by atoms with Crippen molar-refractivity contribution < 1.29 is 38.6 Å². The molecule has 0 bridgehead atoms. The number of allylic oxidation sites excluding steroid dienone is 2. The lowest BCUT2D eigenvalue weighted by Gasteiger charge is -2.71. The molecule has 2 aromatic rings. The van der Waals surface area contributed by atoms with Crippen LogP contribution >= 0.6 is 0 Å². The van der Waals surface area contributed by atoms with Crippen molar-refractivity contribution in [1.82, 2.24) is 10.5 Å². The first kappa shape index (κ1) is 37.8. The van der Waals surface area contributed by atoms with E-state index in [1.807, 2.05) is 50.3 Å². The number of aliphatic hydroxyl groups is 1. The Labute approximate surface area is 313 Å². The molecule has 1 amide bonds. The summed E-state index contributed by atoms with van der Waals surface area (Å²) >= 11 is 0. The number of hydrogen-bond acceptors (Lipinski definition) is 8. The number of carboxylic acid groups (broad SMARTS) is 1. The number of carboxylic acids is 1. The largest absolute Gasteiger partial charge is 0.496 e. The van der Waals surface area contributed by atoms with Gasteiger partial charge in [-0.1, -0.05) is 71.3 Å². The molecule has 288 valence electrons. The third-order valence-electron chi connectivity index (χ3n) is 16.1. The average Bonchev–Trinajstić information content (AvgIpc) is 3.59. The molecule has 0 spiro atoms. The highest BCUT2D eigenvalue weighted by Gasteiger charge is 2.72. The van der Waals surface area contributed by atoms with Gasteiger partial charge in [0, 0.05) is 34.8 Å². The van der Waals surface area contributed by atoms with Crippen LogP contribution in [0, 0.1) is 50.2 Å². The number of para-hydroxylation sites is 1. The Bertz CT molecular complexity index is 1850. The molecule has 0 aliphatic heterocycles. The molecule has 4 saturated carbocycles. The summed E-state index contributed by atoms with van der Waals surface area (Å²) in [5, 5.41) is 28.5.